The molecule has 1 atom stereocenters. The van der Waals surface area contributed by atoms with Crippen LogP contribution in [0, 0.1) is 19.7 Å². The Morgan fingerprint density at radius 1 is 1.30 bits per heavy atom. The second-order valence-corrected chi connectivity index (χ2v) is 5.00. The van der Waals surface area contributed by atoms with Crippen LogP contribution in [0.15, 0.2) is 30.7 Å². The number of benzene rings is 1. The number of aromatic nitrogens is 2. The van der Waals surface area contributed by atoms with Gasteiger partial charge in [-0.15, -0.1) is 0 Å². The molecule has 0 spiro atoms. The van der Waals surface area contributed by atoms with Crippen LogP contribution in [-0.4, -0.2) is 16.5 Å². The van der Waals surface area contributed by atoms with Crippen LogP contribution in [0.1, 0.15) is 41.8 Å². The van der Waals surface area contributed by atoms with Crippen molar-refractivity contribution in [3.05, 3.63) is 58.9 Å². The number of hydrogen-bond acceptors (Lipinski definition) is 3. The Morgan fingerprint density at radius 2 is 2.10 bits per heavy atom. The SMILES string of the molecule is CCCNC(c1ccncn1)c1c(C)cc(C)cc1F. The highest BCUT2D eigenvalue weighted by Crippen LogP contribution is 2.27. The molecule has 0 saturated carbocycles. The fourth-order valence-electron chi connectivity index (χ4n) is 2.41. The van der Waals surface area contributed by atoms with Gasteiger partial charge in [0.15, 0.2) is 0 Å². The highest BCUT2D eigenvalue weighted by Gasteiger charge is 2.20. The predicted octanol–water partition coefficient (Wildman–Crippen LogP) is 3.32. The Hall–Kier alpha value is -1.81. The molecule has 1 N–H and O–H groups in total. The van der Waals surface area contributed by atoms with Crippen LogP contribution >= 0.6 is 0 Å². The molecular weight excluding hydrogens is 253 g/mol. The van der Waals surface area contributed by atoms with Gasteiger partial charge in [-0.05, 0) is 50.1 Å². The average Bonchev–Trinajstić information content (AvgIpc) is 2.42. The van der Waals surface area contributed by atoms with E-state index in [-0.39, 0.29) is 11.9 Å². The van der Waals surface area contributed by atoms with Gasteiger partial charge in [0.25, 0.3) is 0 Å². The minimum atomic E-state index is -0.237. The van der Waals surface area contributed by atoms with Gasteiger partial charge in [0, 0.05) is 11.8 Å². The van der Waals surface area contributed by atoms with Crippen molar-refractivity contribution in [3.8, 4) is 0 Å². The zero-order valence-electron chi connectivity index (χ0n) is 12.2. The minimum absolute atomic E-state index is 0.185. The zero-order chi connectivity index (χ0) is 14.5. The first kappa shape index (κ1) is 14.6. The highest BCUT2D eigenvalue weighted by molar-refractivity contribution is 5.38. The number of halogens is 1. The van der Waals surface area contributed by atoms with Crippen molar-refractivity contribution in [3.63, 3.8) is 0 Å². The lowest BCUT2D eigenvalue weighted by Gasteiger charge is -2.21. The second kappa shape index (κ2) is 6.57. The van der Waals surface area contributed by atoms with Gasteiger partial charge >= 0.3 is 0 Å². The van der Waals surface area contributed by atoms with E-state index in [1.807, 2.05) is 26.0 Å². The van der Waals surface area contributed by atoms with Crippen LogP contribution in [0.3, 0.4) is 0 Å². The summed E-state index contributed by atoms with van der Waals surface area (Å²) >= 11 is 0. The van der Waals surface area contributed by atoms with Crippen molar-refractivity contribution >= 4 is 0 Å². The Labute approximate surface area is 119 Å². The highest BCUT2D eigenvalue weighted by atomic mass is 19.1. The van der Waals surface area contributed by atoms with Gasteiger partial charge in [-0.3, -0.25) is 0 Å². The lowest BCUT2D eigenvalue weighted by Crippen LogP contribution is -2.26. The van der Waals surface area contributed by atoms with Crippen LogP contribution < -0.4 is 5.32 Å². The first-order valence-electron chi connectivity index (χ1n) is 6.89. The molecule has 4 heteroatoms. The third kappa shape index (κ3) is 3.20. The molecule has 0 bridgehead atoms. The molecule has 2 aromatic rings. The smallest absolute Gasteiger partial charge is 0.128 e. The van der Waals surface area contributed by atoms with E-state index in [2.05, 4.69) is 22.2 Å². The van der Waals surface area contributed by atoms with E-state index in [4.69, 9.17) is 0 Å². The summed E-state index contributed by atoms with van der Waals surface area (Å²) in [5.41, 5.74) is 3.33. The van der Waals surface area contributed by atoms with Crippen molar-refractivity contribution in [2.45, 2.75) is 33.2 Å². The normalized spacial score (nSPS) is 12.4. The minimum Gasteiger partial charge on any atom is -0.305 e. The lowest BCUT2D eigenvalue weighted by atomic mass is 9.96. The third-order valence-corrected chi connectivity index (χ3v) is 3.27. The topological polar surface area (TPSA) is 37.8 Å². The van der Waals surface area contributed by atoms with Gasteiger partial charge in [-0.2, -0.15) is 0 Å². The fraction of sp³-hybridized carbons (Fsp3) is 0.375. The fourth-order valence-corrected chi connectivity index (χ4v) is 2.41. The monoisotopic (exact) mass is 273 g/mol. The van der Waals surface area contributed by atoms with Gasteiger partial charge in [0.2, 0.25) is 0 Å². The molecule has 1 aromatic carbocycles. The number of aryl methyl sites for hydroxylation is 2. The molecule has 0 aliphatic carbocycles. The number of rotatable bonds is 5. The Balaban J connectivity index is 2.47. The summed E-state index contributed by atoms with van der Waals surface area (Å²) in [5.74, 6) is -0.185. The van der Waals surface area contributed by atoms with E-state index in [0.29, 0.717) is 5.56 Å². The summed E-state index contributed by atoms with van der Waals surface area (Å²) in [6, 6.07) is 5.16. The molecule has 1 aromatic heterocycles. The molecular formula is C16H20FN3. The third-order valence-electron chi connectivity index (χ3n) is 3.27. The average molecular weight is 273 g/mol. The van der Waals surface area contributed by atoms with Crippen LogP contribution in [0.5, 0.6) is 0 Å². The van der Waals surface area contributed by atoms with E-state index < -0.39 is 0 Å². The molecule has 0 aliphatic rings. The van der Waals surface area contributed by atoms with Crippen molar-refractivity contribution in [2.75, 3.05) is 6.54 Å². The van der Waals surface area contributed by atoms with Gasteiger partial charge in [0.1, 0.15) is 12.1 Å². The number of hydrogen-bond donors (Lipinski definition) is 1. The first-order valence-corrected chi connectivity index (χ1v) is 6.89. The first-order chi connectivity index (χ1) is 9.63. The summed E-state index contributed by atoms with van der Waals surface area (Å²) < 4.78 is 14.4. The predicted molar refractivity (Wildman–Crippen MR) is 78.0 cm³/mol. The van der Waals surface area contributed by atoms with Crippen molar-refractivity contribution in [1.82, 2.24) is 15.3 Å². The molecule has 2 rings (SSSR count). The quantitative estimate of drug-likeness (QED) is 0.908. The van der Waals surface area contributed by atoms with Crippen molar-refractivity contribution in [2.24, 2.45) is 0 Å². The largest absolute Gasteiger partial charge is 0.305 e. The molecule has 20 heavy (non-hydrogen) atoms. The number of nitrogens with zero attached hydrogens (tertiary/aromatic N) is 2. The molecule has 1 heterocycles. The molecule has 0 fully saturated rings. The van der Waals surface area contributed by atoms with Gasteiger partial charge in [0.05, 0.1) is 11.7 Å². The molecule has 1 unspecified atom stereocenters. The lowest BCUT2D eigenvalue weighted by molar-refractivity contribution is 0.535. The van der Waals surface area contributed by atoms with Crippen molar-refractivity contribution in [1.29, 1.82) is 0 Å². The molecule has 0 aliphatic heterocycles. The van der Waals surface area contributed by atoms with E-state index in [9.17, 15) is 4.39 Å². The molecule has 0 amide bonds. The van der Waals surface area contributed by atoms with Gasteiger partial charge in [-0.1, -0.05) is 13.0 Å². The maximum absolute atomic E-state index is 14.4. The summed E-state index contributed by atoms with van der Waals surface area (Å²) in [5, 5.41) is 3.37. The maximum atomic E-state index is 14.4. The standard InChI is InChI=1S/C16H20FN3/c1-4-6-19-16(14-5-7-18-10-20-14)15-12(3)8-11(2)9-13(15)17/h5,7-10,16,19H,4,6H2,1-3H3. The Morgan fingerprint density at radius 3 is 2.70 bits per heavy atom. The van der Waals surface area contributed by atoms with Crippen LogP contribution in [0.2, 0.25) is 0 Å². The van der Waals surface area contributed by atoms with Gasteiger partial charge < -0.3 is 5.32 Å². The van der Waals surface area contributed by atoms with E-state index in [0.717, 1.165) is 29.8 Å². The zero-order valence-corrected chi connectivity index (χ0v) is 12.2. The second-order valence-electron chi connectivity index (χ2n) is 5.00. The Kier molecular flexibility index (Phi) is 4.79. The number of nitrogens with one attached hydrogen (secondary N) is 1. The van der Waals surface area contributed by atoms with Crippen molar-refractivity contribution < 1.29 is 4.39 Å². The summed E-state index contributed by atoms with van der Waals surface area (Å²) in [7, 11) is 0. The van der Waals surface area contributed by atoms with Crippen LogP contribution in [-0.2, 0) is 0 Å². The molecule has 3 nitrogen and oxygen atoms in total. The van der Waals surface area contributed by atoms with E-state index >= 15 is 0 Å². The summed E-state index contributed by atoms with van der Waals surface area (Å²) in [6.45, 7) is 6.73. The van der Waals surface area contributed by atoms with Gasteiger partial charge in [-0.25, -0.2) is 14.4 Å². The molecule has 0 saturated heterocycles. The maximum Gasteiger partial charge on any atom is 0.128 e. The molecule has 0 radical (unpaired) electrons. The van der Waals surface area contributed by atoms with E-state index in [1.165, 1.54) is 6.33 Å². The van der Waals surface area contributed by atoms with Crippen LogP contribution in [0.25, 0.3) is 0 Å². The molecule has 106 valence electrons. The van der Waals surface area contributed by atoms with E-state index in [1.54, 1.807) is 12.3 Å². The summed E-state index contributed by atoms with van der Waals surface area (Å²) in [6.07, 6.45) is 4.16. The summed E-state index contributed by atoms with van der Waals surface area (Å²) in [4.78, 5) is 8.20. The van der Waals surface area contributed by atoms with Crippen LogP contribution in [0.4, 0.5) is 4.39 Å². The Bertz CT molecular complexity index is 546.